The average Bonchev–Trinajstić information content (AvgIpc) is 2.74. The molecule has 0 aliphatic rings. The quantitative estimate of drug-likeness (QED) is 0.790. The fraction of sp³-hybridized carbons (Fsp3) is 0.308. The molecule has 86 valence electrons. The monoisotopic (exact) mass is 226 g/mol. The van der Waals surface area contributed by atoms with Crippen LogP contribution in [0.1, 0.15) is 31.0 Å². The van der Waals surface area contributed by atoms with Crippen LogP contribution in [0.3, 0.4) is 0 Å². The van der Waals surface area contributed by atoms with Crippen LogP contribution in [0.5, 0.6) is 0 Å². The van der Waals surface area contributed by atoms with Crippen LogP contribution in [-0.2, 0) is 7.05 Å². The molecule has 0 aliphatic carbocycles. The number of nitriles is 1. The lowest BCUT2D eigenvalue weighted by Crippen LogP contribution is -2.01. The van der Waals surface area contributed by atoms with Crippen molar-refractivity contribution in [1.82, 2.24) is 14.8 Å². The van der Waals surface area contributed by atoms with Crippen LogP contribution in [0.25, 0.3) is 11.4 Å². The van der Waals surface area contributed by atoms with Gasteiger partial charge in [-0.05, 0) is 24.1 Å². The van der Waals surface area contributed by atoms with Crippen LogP contribution >= 0.6 is 0 Å². The molecule has 0 aliphatic heterocycles. The summed E-state index contributed by atoms with van der Waals surface area (Å²) in [6.07, 6.45) is 1.71. The van der Waals surface area contributed by atoms with Gasteiger partial charge in [0.05, 0.1) is 11.3 Å². The van der Waals surface area contributed by atoms with Gasteiger partial charge in [0.15, 0.2) is 0 Å². The van der Waals surface area contributed by atoms with E-state index in [0.717, 1.165) is 11.4 Å². The molecule has 2 heterocycles. The van der Waals surface area contributed by atoms with E-state index in [9.17, 15) is 0 Å². The number of rotatable bonds is 2. The van der Waals surface area contributed by atoms with Crippen LogP contribution in [0, 0.1) is 11.3 Å². The van der Waals surface area contributed by atoms with Crippen LogP contribution in [0.15, 0.2) is 24.4 Å². The molecule has 4 nitrogen and oxygen atoms in total. The van der Waals surface area contributed by atoms with Crippen molar-refractivity contribution in [3.05, 3.63) is 35.7 Å². The van der Waals surface area contributed by atoms with Crippen LogP contribution in [0.4, 0.5) is 0 Å². The zero-order chi connectivity index (χ0) is 12.4. The molecule has 0 aromatic carbocycles. The Labute approximate surface area is 101 Å². The smallest absolute Gasteiger partial charge is 0.106 e. The van der Waals surface area contributed by atoms with Gasteiger partial charge in [0.1, 0.15) is 11.8 Å². The summed E-state index contributed by atoms with van der Waals surface area (Å²) < 4.78 is 1.73. The standard InChI is InChI=1S/C13H14N4/c1-9(2)11-5-4-10(8-14)13(16-11)12-6-7-15-17(12)3/h4-7,9H,1-3H3. The van der Waals surface area contributed by atoms with Crippen molar-refractivity contribution in [2.75, 3.05) is 0 Å². The van der Waals surface area contributed by atoms with E-state index in [2.05, 4.69) is 30.0 Å². The van der Waals surface area contributed by atoms with Crippen molar-refractivity contribution in [3.63, 3.8) is 0 Å². The molecule has 0 fully saturated rings. The highest BCUT2D eigenvalue weighted by Crippen LogP contribution is 2.23. The van der Waals surface area contributed by atoms with Gasteiger partial charge in [0.2, 0.25) is 0 Å². The average molecular weight is 226 g/mol. The Bertz CT molecular complexity index is 575. The fourth-order valence-electron chi connectivity index (χ4n) is 1.69. The molecular weight excluding hydrogens is 212 g/mol. The highest BCUT2D eigenvalue weighted by atomic mass is 15.3. The zero-order valence-electron chi connectivity index (χ0n) is 10.2. The lowest BCUT2D eigenvalue weighted by molar-refractivity contribution is 0.768. The largest absolute Gasteiger partial charge is 0.266 e. The summed E-state index contributed by atoms with van der Waals surface area (Å²) >= 11 is 0. The molecule has 0 radical (unpaired) electrons. The van der Waals surface area contributed by atoms with Gasteiger partial charge < -0.3 is 0 Å². The molecule has 0 unspecified atom stereocenters. The molecule has 0 spiro atoms. The van der Waals surface area contributed by atoms with E-state index in [0.29, 0.717) is 17.2 Å². The second-order valence-electron chi connectivity index (χ2n) is 4.24. The highest BCUT2D eigenvalue weighted by molar-refractivity contribution is 5.63. The van der Waals surface area contributed by atoms with Gasteiger partial charge in [-0.25, -0.2) is 4.98 Å². The molecule has 2 aromatic rings. The lowest BCUT2D eigenvalue weighted by atomic mass is 10.1. The second kappa shape index (κ2) is 4.38. The predicted molar refractivity (Wildman–Crippen MR) is 65.2 cm³/mol. The second-order valence-corrected chi connectivity index (χ2v) is 4.24. The molecule has 0 N–H and O–H groups in total. The zero-order valence-corrected chi connectivity index (χ0v) is 10.2. The molecule has 2 rings (SSSR count). The van der Waals surface area contributed by atoms with E-state index >= 15 is 0 Å². The minimum absolute atomic E-state index is 0.342. The van der Waals surface area contributed by atoms with Crippen LogP contribution in [-0.4, -0.2) is 14.8 Å². The first kappa shape index (κ1) is 11.3. The van der Waals surface area contributed by atoms with E-state index in [4.69, 9.17) is 5.26 Å². The van der Waals surface area contributed by atoms with Gasteiger partial charge >= 0.3 is 0 Å². The molecule has 0 bridgehead atoms. The van der Waals surface area contributed by atoms with Crippen LogP contribution < -0.4 is 0 Å². The van der Waals surface area contributed by atoms with Crippen molar-refractivity contribution >= 4 is 0 Å². The summed E-state index contributed by atoms with van der Waals surface area (Å²) in [7, 11) is 1.85. The van der Waals surface area contributed by atoms with Gasteiger partial charge in [-0.1, -0.05) is 13.8 Å². The van der Waals surface area contributed by atoms with Gasteiger partial charge in [0, 0.05) is 18.9 Å². The van der Waals surface area contributed by atoms with Crippen molar-refractivity contribution in [3.8, 4) is 17.5 Å². The summed E-state index contributed by atoms with van der Waals surface area (Å²) in [6.45, 7) is 4.17. The maximum Gasteiger partial charge on any atom is 0.106 e. The number of pyridine rings is 1. The molecular formula is C13H14N4. The van der Waals surface area contributed by atoms with Gasteiger partial charge in [0.25, 0.3) is 0 Å². The third kappa shape index (κ3) is 2.04. The molecule has 0 saturated carbocycles. The Morgan fingerprint density at radius 2 is 2.06 bits per heavy atom. The molecule has 4 heteroatoms. The Morgan fingerprint density at radius 1 is 1.29 bits per heavy atom. The Hall–Kier alpha value is -2.15. The number of hydrogen-bond acceptors (Lipinski definition) is 3. The van der Waals surface area contributed by atoms with Gasteiger partial charge in [-0.3, -0.25) is 4.68 Å². The number of aromatic nitrogens is 3. The SMILES string of the molecule is CC(C)c1ccc(C#N)c(-c2ccnn2C)n1. The van der Waals surface area contributed by atoms with Gasteiger partial charge in [-0.15, -0.1) is 0 Å². The molecule has 0 saturated heterocycles. The predicted octanol–water partition coefficient (Wildman–Crippen LogP) is 2.48. The van der Waals surface area contributed by atoms with E-state index in [1.54, 1.807) is 10.9 Å². The minimum atomic E-state index is 0.342. The Morgan fingerprint density at radius 3 is 2.59 bits per heavy atom. The molecule has 0 atom stereocenters. The lowest BCUT2D eigenvalue weighted by Gasteiger charge is -2.09. The first-order valence-corrected chi connectivity index (χ1v) is 5.53. The van der Waals surface area contributed by atoms with E-state index < -0.39 is 0 Å². The highest BCUT2D eigenvalue weighted by Gasteiger charge is 2.12. The van der Waals surface area contributed by atoms with Crippen LogP contribution in [0.2, 0.25) is 0 Å². The van der Waals surface area contributed by atoms with E-state index in [1.165, 1.54) is 0 Å². The van der Waals surface area contributed by atoms with Crippen molar-refractivity contribution in [2.24, 2.45) is 7.05 Å². The summed E-state index contributed by atoms with van der Waals surface area (Å²) in [4.78, 5) is 4.56. The summed E-state index contributed by atoms with van der Waals surface area (Å²) in [5.74, 6) is 0.342. The first-order valence-electron chi connectivity index (χ1n) is 5.53. The summed E-state index contributed by atoms with van der Waals surface area (Å²) in [5, 5.41) is 13.2. The minimum Gasteiger partial charge on any atom is -0.266 e. The normalized spacial score (nSPS) is 10.5. The maximum atomic E-state index is 9.12. The number of nitrogens with zero attached hydrogens (tertiary/aromatic N) is 4. The molecule has 0 amide bonds. The van der Waals surface area contributed by atoms with Crippen molar-refractivity contribution in [2.45, 2.75) is 19.8 Å². The fourth-order valence-corrected chi connectivity index (χ4v) is 1.69. The Balaban J connectivity index is 2.63. The Kier molecular flexibility index (Phi) is 2.92. The van der Waals surface area contributed by atoms with E-state index in [1.807, 2.05) is 25.2 Å². The summed E-state index contributed by atoms with van der Waals surface area (Å²) in [6, 6.07) is 7.77. The van der Waals surface area contributed by atoms with Crippen molar-refractivity contribution < 1.29 is 0 Å². The third-order valence-electron chi connectivity index (χ3n) is 2.69. The maximum absolute atomic E-state index is 9.12. The molecule has 17 heavy (non-hydrogen) atoms. The number of hydrogen-bond donors (Lipinski definition) is 0. The van der Waals surface area contributed by atoms with Crippen molar-refractivity contribution in [1.29, 1.82) is 5.26 Å². The first-order chi connectivity index (χ1) is 8.13. The third-order valence-corrected chi connectivity index (χ3v) is 2.69. The molecule has 2 aromatic heterocycles. The summed E-state index contributed by atoms with van der Waals surface area (Å²) in [5.41, 5.74) is 3.14. The number of aryl methyl sites for hydroxylation is 1. The van der Waals surface area contributed by atoms with Gasteiger partial charge in [-0.2, -0.15) is 10.4 Å². The van der Waals surface area contributed by atoms with E-state index in [-0.39, 0.29) is 0 Å². The topological polar surface area (TPSA) is 54.5 Å².